The maximum atomic E-state index is 11.8. The van der Waals surface area contributed by atoms with Gasteiger partial charge in [-0.2, -0.15) is 4.98 Å². The summed E-state index contributed by atoms with van der Waals surface area (Å²) in [6.45, 7) is 0.492. The fraction of sp³-hybridized carbons (Fsp3) is 0.167. The summed E-state index contributed by atoms with van der Waals surface area (Å²) >= 11 is 0. The van der Waals surface area contributed by atoms with Gasteiger partial charge in [-0.1, -0.05) is 17.3 Å². The summed E-state index contributed by atoms with van der Waals surface area (Å²) in [4.78, 5) is 17.6. The molecule has 9 heteroatoms. The second-order valence-corrected chi connectivity index (χ2v) is 7.32. The van der Waals surface area contributed by atoms with Crippen molar-refractivity contribution in [1.82, 2.24) is 10.1 Å². The van der Waals surface area contributed by atoms with Gasteiger partial charge in [0.05, 0.1) is 19.1 Å². The number of benzene rings is 3. The molecule has 33 heavy (non-hydrogen) atoms. The largest absolute Gasteiger partial charge is 0.497 e. The average molecular weight is 446 g/mol. The second kappa shape index (κ2) is 9.39. The fourth-order valence-electron chi connectivity index (χ4n) is 3.41. The number of nitrogens with zero attached hydrogens (tertiary/aromatic N) is 4. The third-order valence-corrected chi connectivity index (χ3v) is 5.18. The Bertz CT molecular complexity index is 1250. The molecule has 0 radical (unpaired) electrons. The second-order valence-electron chi connectivity index (χ2n) is 7.32. The standard InChI is InChI=1S/C24H22N4O5/c1-27(15-16-4-9-19(31-2)10-5-16)21-13-8-18(14-22(21)28(29)30)24-25-23(26-33-24)17-6-11-20(32-3)12-7-17/h4-14H,15H2,1-3H3. The molecule has 0 N–H and O–H groups in total. The van der Waals surface area contributed by atoms with Crippen molar-refractivity contribution in [3.63, 3.8) is 0 Å². The monoisotopic (exact) mass is 446 g/mol. The minimum atomic E-state index is -0.413. The summed E-state index contributed by atoms with van der Waals surface area (Å²) in [6, 6.07) is 19.7. The fourth-order valence-corrected chi connectivity index (χ4v) is 3.41. The summed E-state index contributed by atoms with van der Waals surface area (Å²) in [6.07, 6.45) is 0. The predicted octanol–water partition coefficient (Wildman–Crippen LogP) is 4.97. The van der Waals surface area contributed by atoms with E-state index in [9.17, 15) is 10.1 Å². The molecule has 4 rings (SSSR count). The van der Waals surface area contributed by atoms with Gasteiger partial charge in [0.25, 0.3) is 11.6 Å². The van der Waals surface area contributed by atoms with Crippen LogP contribution in [0.15, 0.2) is 71.3 Å². The lowest BCUT2D eigenvalue weighted by molar-refractivity contribution is -0.384. The van der Waals surface area contributed by atoms with Crippen LogP contribution in [0.2, 0.25) is 0 Å². The molecule has 0 aliphatic rings. The van der Waals surface area contributed by atoms with E-state index in [1.807, 2.05) is 41.3 Å². The molecule has 0 aliphatic carbocycles. The van der Waals surface area contributed by atoms with E-state index < -0.39 is 4.92 Å². The van der Waals surface area contributed by atoms with Crippen LogP contribution in [0.25, 0.3) is 22.8 Å². The summed E-state index contributed by atoms with van der Waals surface area (Å²) in [5.74, 6) is 2.06. The van der Waals surface area contributed by atoms with Crippen molar-refractivity contribution in [3.05, 3.63) is 82.4 Å². The summed E-state index contributed by atoms with van der Waals surface area (Å²) in [7, 11) is 5.00. The SMILES string of the molecule is COc1ccc(CN(C)c2ccc(-c3nc(-c4ccc(OC)cc4)no3)cc2[N+](=O)[O-])cc1. The van der Waals surface area contributed by atoms with Gasteiger partial charge in [0.2, 0.25) is 5.82 Å². The number of rotatable bonds is 8. The van der Waals surface area contributed by atoms with Gasteiger partial charge in [0.15, 0.2) is 0 Å². The number of methoxy groups -OCH3 is 2. The minimum absolute atomic E-state index is 0.0484. The molecule has 0 saturated heterocycles. The molecular formula is C24H22N4O5. The predicted molar refractivity (Wildman–Crippen MR) is 123 cm³/mol. The zero-order valence-electron chi connectivity index (χ0n) is 18.4. The first-order valence-electron chi connectivity index (χ1n) is 10.1. The highest BCUT2D eigenvalue weighted by atomic mass is 16.6. The van der Waals surface area contributed by atoms with Crippen molar-refractivity contribution < 1.29 is 18.9 Å². The van der Waals surface area contributed by atoms with Crippen molar-refractivity contribution in [3.8, 4) is 34.3 Å². The van der Waals surface area contributed by atoms with Gasteiger partial charge in [-0.25, -0.2) is 0 Å². The van der Waals surface area contributed by atoms with E-state index in [1.54, 1.807) is 45.5 Å². The van der Waals surface area contributed by atoms with Crippen LogP contribution in [-0.2, 0) is 6.54 Å². The van der Waals surface area contributed by atoms with E-state index in [0.717, 1.165) is 16.9 Å². The zero-order valence-corrected chi connectivity index (χ0v) is 18.4. The van der Waals surface area contributed by atoms with E-state index in [2.05, 4.69) is 10.1 Å². The van der Waals surface area contributed by atoms with Gasteiger partial charge in [-0.05, 0) is 54.1 Å². The number of anilines is 1. The van der Waals surface area contributed by atoms with Gasteiger partial charge < -0.3 is 18.9 Å². The van der Waals surface area contributed by atoms with Gasteiger partial charge in [-0.3, -0.25) is 10.1 Å². The molecule has 3 aromatic carbocycles. The maximum absolute atomic E-state index is 11.8. The Morgan fingerprint density at radius 1 is 0.939 bits per heavy atom. The third-order valence-electron chi connectivity index (χ3n) is 5.18. The van der Waals surface area contributed by atoms with Crippen LogP contribution < -0.4 is 14.4 Å². The van der Waals surface area contributed by atoms with E-state index >= 15 is 0 Å². The Hall–Kier alpha value is -4.40. The van der Waals surface area contributed by atoms with Crippen LogP contribution >= 0.6 is 0 Å². The molecular weight excluding hydrogens is 424 g/mol. The van der Waals surface area contributed by atoms with Crippen LogP contribution in [0, 0.1) is 10.1 Å². The lowest BCUT2D eigenvalue weighted by Gasteiger charge is -2.19. The van der Waals surface area contributed by atoms with E-state index in [4.69, 9.17) is 14.0 Å². The molecule has 9 nitrogen and oxygen atoms in total. The molecule has 0 saturated carbocycles. The van der Waals surface area contributed by atoms with E-state index in [-0.39, 0.29) is 11.6 Å². The number of hydrogen-bond donors (Lipinski definition) is 0. The van der Waals surface area contributed by atoms with Crippen molar-refractivity contribution in [1.29, 1.82) is 0 Å². The highest BCUT2D eigenvalue weighted by Crippen LogP contribution is 2.33. The summed E-state index contributed by atoms with van der Waals surface area (Å²) in [5.41, 5.74) is 2.64. The Morgan fingerprint density at radius 3 is 2.15 bits per heavy atom. The zero-order chi connectivity index (χ0) is 23.4. The molecule has 0 atom stereocenters. The first-order valence-corrected chi connectivity index (χ1v) is 10.1. The van der Waals surface area contributed by atoms with Crippen molar-refractivity contribution in [2.24, 2.45) is 0 Å². The number of hydrogen-bond acceptors (Lipinski definition) is 8. The molecule has 1 aromatic heterocycles. The molecule has 168 valence electrons. The smallest absolute Gasteiger partial charge is 0.293 e. The van der Waals surface area contributed by atoms with Crippen LogP contribution in [0.1, 0.15) is 5.56 Å². The number of aromatic nitrogens is 2. The lowest BCUT2D eigenvalue weighted by atomic mass is 10.1. The van der Waals surface area contributed by atoms with Crippen LogP contribution in [0.4, 0.5) is 11.4 Å². The average Bonchev–Trinajstić information content (AvgIpc) is 3.34. The Balaban J connectivity index is 1.59. The Kier molecular flexibility index (Phi) is 6.21. The van der Waals surface area contributed by atoms with Crippen LogP contribution in [0.3, 0.4) is 0 Å². The van der Waals surface area contributed by atoms with Crippen LogP contribution in [0.5, 0.6) is 11.5 Å². The molecule has 0 unspecified atom stereocenters. The first kappa shape index (κ1) is 21.8. The molecule has 0 aliphatic heterocycles. The molecule has 0 fully saturated rings. The first-order chi connectivity index (χ1) is 16.0. The topological polar surface area (TPSA) is 104 Å². The lowest BCUT2D eigenvalue weighted by Crippen LogP contribution is -2.17. The minimum Gasteiger partial charge on any atom is -0.497 e. The van der Waals surface area contributed by atoms with Gasteiger partial charge in [0.1, 0.15) is 17.2 Å². The normalized spacial score (nSPS) is 10.6. The van der Waals surface area contributed by atoms with E-state index in [1.165, 1.54) is 6.07 Å². The summed E-state index contributed by atoms with van der Waals surface area (Å²) in [5, 5.41) is 15.8. The number of nitro benzene ring substituents is 1. The molecule has 1 heterocycles. The maximum Gasteiger partial charge on any atom is 0.293 e. The summed E-state index contributed by atoms with van der Waals surface area (Å²) < 4.78 is 15.7. The third kappa shape index (κ3) is 4.77. The Labute approximate surface area is 190 Å². The molecule has 4 aromatic rings. The van der Waals surface area contributed by atoms with Crippen LogP contribution in [-0.4, -0.2) is 36.3 Å². The van der Waals surface area contributed by atoms with Gasteiger partial charge in [0, 0.05) is 30.8 Å². The van der Waals surface area contributed by atoms with Gasteiger partial charge >= 0.3 is 0 Å². The van der Waals surface area contributed by atoms with Crippen molar-refractivity contribution >= 4 is 11.4 Å². The van der Waals surface area contributed by atoms with Gasteiger partial charge in [-0.15, -0.1) is 0 Å². The number of ether oxygens (including phenoxy) is 2. The van der Waals surface area contributed by atoms with Crippen molar-refractivity contribution in [2.45, 2.75) is 6.54 Å². The van der Waals surface area contributed by atoms with E-state index in [0.29, 0.717) is 29.4 Å². The molecule has 0 amide bonds. The van der Waals surface area contributed by atoms with Crippen molar-refractivity contribution in [2.75, 3.05) is 26.2 Å². The molecule has 0 spiro atoms. The quantitative estimate of drug-likeness (QED) is 0.276. The Morgan fingerprint density at radius 2 is 1.55 bits per heavy atom. The highest BCUT2D eigenvalue weighted by Gasteiger charge is 2.21. The number of nitro groups is 1. The highest BCUT2D eigenvalue weighted by molar-refractivity contribution is 5.71. The molecule has 0 bridgehead atoms.